The first-order valence-corrected chi connectivity index (χ1v) is 8.34. The second-order valence-corrected chi connectivity index (χ2v) is 6.23. The van der Waals surface area contributed by atoms with Crippen molar-refractivity contribution < 1.29 is 14.0 Å². The van der Waals surface area contributed by atoms with E-state index in [0.29, 0.717) is 25.3 Å². The van der Waals surface area contributed by atoms with E-state index >= 15 is 0 Å². The highest BCUT2D eigenvalue weighted by atomic mass is 16.3. The molecule has 2 aromatic heterocycles. The molecule has 1 fully saturated rings. The first-order chi connectivity index (χ1) is 11.8. The molecule has 24 heavy (non-hydrogen) atoms. The van der Waals surface area contributed by atoms with Crippen molar-refractivity contribution in [1.29, 1.82) is 0 Å². The van der Waals surface area contributed by atoms with Crippen LogP contribution in [0.2, 0.25) is 0 Å². The molecule has 2 amide bonds. The zero-order valence-corrected chi connectivity index (χ0v) is 13.4. The van der Waals surface area contributed by atoms with Gasteiger partial charge in [-0.05, 0) is 49.4 Å². The highest BCUT2D eigenvalue weighted by Gasteiger charge is 2.38. The third-order valence-electron chi connectivity index (χ3n) is 4.82. The molecule has 1 atom stereocenters. The molecule has 0 saturated carbocycles. The molecule has 0 radical (unpaired) electrons. The van der Waals surface area contributed by atoms with E-state index in [0.717, 1.165) is 30.5 Å². The Hall–Kier alpha value is -2.63. The highest BCUT2D eigenvalue weighted by molar-refractivity contribution is 6.02. The van der Waals surface area contributed by atoms with Crippen molar-refractivity contribution in [3.63, 3.8) is 0 Å². The van der Waals surface area contributed by atoms with Gasteiger partial charge < -0.3 is 14.2 Å². The smallest absolute Gasteiger partial charge is 0.290 e. The van der Waals surface area contributed by atoms with Crippen molar-refractivity contribution in [3.05, 3.63) is 48.2 Å². The molecule has 6 nitrogen and oxygen atoms in total. The number of carbonyl (C=O) groups is 2. The Labute approximate surface area is 140 Å². The van der Waals surface area contributed by atoms with Gasteiger partial charge in [-0.2, -0.15) is 0 Å². The quantitative estimate of drug-likeness (QED) is 0.849. The lowest BCUT2D eigenvalue weighted by Gasteiger charge is -2.36. The minimum Gasteiger partial charge on any atom is -0.459 e. The number of hydrogen-bond donors (Lipinski definition) is 0. The van der Waals surface area contributed by atoms with E-state index in [1.165, 1.54) is 6.26 Å². The molecule has 1 saturated heterocycles. The van der Waals surface area contributed by atoms with E-state index in [4.69, 9.17) is 4.42 Å². The van der Waals surface area contributed by atoms with Crippen LogP contribution in [-0.4, -0.2) is 40.8 Å². The Morgan fingerprint density at radius 3 is 2.96 bits per heavy atom. The van der Waals surface area contributed by atoms with E-state index < -0.39 is 6.04 Å². The van der Waals surface area contributed by atoms with Crippen molar-refractivity contribution in [1.82, 2.24) is 9.88 Å². The first kappa shape index (κ1) is 14.9. The van der Waals surface area contributed by atoms with Crippen molar-refractivity contribution in [2.75, 3.05) is 18.0 Å². The van der Waals surface area contributed by atoms with E-state index in [-0.39, 0.29) is 11.8 Å². The Bertz CT molecular complexity index is 757. The molecule has 0 unspecified atom stereocenters. The fraction of sp³-hybridized carbons (Fsp3) is 0.389. The SMILES string of the molecule is O=C([C@@H]1CCCCN1C(=O)c1ccco1)N1CCc2cnccc21. The maximum atomic E-state index is 13.1. The van der Waals surface area contributed by atoms with Crippen LogP contribution in [0, 0.1) is 0 Å². The maximum Gasteiger partial charge on any atom is 0.290 e. The van der Waals surface area contributed by atoms with Crippen LogP contribution in [0.25, 0.3) is 0 Å². The fourth-order valence-corrected chi connectivity index (χ4v) is 3.61. The number of hydrogen-bond acceptors (Lipinski definition) is 4. The summed E-state index contributed by atoms with van der Waals surface area (Å²) in [5.74, 6) is 0.0903. The second-order valence-electron chi connectivity index (χ2n) is 6.23. The largest absolute Gasteiger partial charge is 0.459 e. The van der Waals surface area contributed by atoms with Gasteiger partial charge in [0.25, 0.3) is 5.91 Å². The lowest BCUT2D eigenvalue weighted by molar-refractivity contribution is -0.124. The molecule has 0 N–H and O–H groups in total. The summed E-state index contributed by atoms with van der Waals surface area (Å²) in [4.78, 5) is 33.4. The molecule has 2 aliphatic heterocycles. The van der Waals surface area contributed by atoms with Crippen LogP contribution in [0.15, 0.2) is 41.3 Å². The zero-order chi connectivity index (χ0) is 16.5. The summed E-state index contributed by atoms with van der Waals surface area (Å²) in [6.07, 6.45) is 8.38. The summed E-state index contributed by atoms with van der Waals surface area (Å²) in [5.41, 5.74) is 2.01. The Kier molecular flexibility index (Phi) is 3.80. The summed E-state index contributed by atoms with van der Waals surface area (Å²) in [6.45, 7) is 1.24. The fourth-order valence-electron chi connectivity index (χ4n) is 3.61. The maximum absolute atomic E-state index is 13.1. The average Bonchev–Trinajstić information content (AvgIpc) is 3.30. The van der Waals surface area contributed by atoms with Gasteiger partial charge in [-0.3, -0.25) is 14.6 Å². The summed E-state index contributed by atoms with van der Waals surface area (Å²) < 4.78 is 5.23. The van der Waals surface area contributed by atoms with E-state index in [9.17, 15) is 9.59 Å². The third-order valence-corrected chi connectivity index (χ3v) is 4.82. The third kappa shape index (κ3) is 2.48. The molecule has 0 aromatic carbocycles. The molecular weight excluding hydrogens is 306 g/mol. The number of nitrogens with zero attached hydrogens (tertiary/aromatic N) is 3. The van der Waals surface area contributed by atoms with Crippen LogP contribution < -0.4 is 4.90 Å². The summed E-state index contributed by atoms with van der Waals surface area (Å²) in [7, 11) is 0. The first-order valence-electron chi connectivity index (χ1n) is 8.34. The number of furan rings is 1. The van der Waals surface area contributed by atoms with E-state index in [2.05, 4.69) is 4.98 Å². The predicted octanol–water partition coefficient (Wildman–Crippen LogP) is 2.26. The lowest BCUT2D eigenvalue weighted by Crippen LogP contribution is -2.52. The van der Waals surface area contributed by atoms with E-state index in [1.54, 1.807) is 28.1 Å². The number of rotatable bonds is 2. The normalized spacial score (nSPS) is 20.1. The summed E-state index contributed by atoms with van der Waals surface area (Å²) in [5, 5.41) is 0. The molecule has 4 heterocycles. The topological polar surface area (TPSA) is 66.7 Å². The molecular formula is C18H19N3O3. The number of aromatic nitrogens is 1. The molecule has 6 heteroatoms. The van der Waals surface area contributed by atoms with Gasteiger partial charge in [0, 0.05) is 25.5 Å². The van der Waals surface area contributed by atoms with Crippen LogP contribution in [0.4, 0.5) is 5.69 Å². The second kappa shape index (κ2) is 6.11. The van der Waals surface area contributed by atoms with Gasteiger partial charge >= 0.3 is 0 Å². The monoisotopic (exact) mass is 325 g/mol. The number of likely N-dealkylation sites (tertiary alicyclic amines) is 1. The van der Waals surface area contributed by atoms with Crippen LogP contribution in [0.3, 0.4) is 0 Å². The average molecular weight is 325 g/mol. The summed E-state index contributed by atoms with van der Waals surface area (Å²) >= 11 is 0. The molecule has 0 spiro atoms. The predicted molar refractivity (Wildman–Crippen MR) is 87.7 cm³/mol. The van der Waals surface area contributed by atoms with Crippen molar-refractivity contribution in [3.8, 4) is 0 Å². The number of fused-ring (bicyclic) bond motifs is 1. The molecule has 124 valence electrons. The Morgan fingerprint density at radius 2 is 2.12 bits per heavy atom. The summed E-state index contributed by atoms with van der Waals surface area (Å²) in [6, 6.07) is 4.80. The van der Waals surface area contributed by atoms with Gasteiger partial charge in [0.2, 0.25) is 5.91 Å². The minimum atomic E-state index is -0.421. The van der Waals surface area contributed by atoms with Crippen LogP contribution >= 0.6 is 0 Å². The van der Waals surface area contributed by atoms with Crippen molar-refractivity contribution in [2.24, 2.45) is 0 Å². The van der Waals surface area contributed by atoms with Gasteiger partial charge in [0.1, 0.15) is 6.04 Å². The van der Waals surface area contributed by atoms with Gasteiger partial charge in [-0.1, -0.05) is 0 Å². The van der Waals surface area contributed by atoms with Gasteiger partial charge in [0.15, 0.2) is 5.76 Å². The van der Waals surface area contributed by atoms with Gasteiger partial charge in [-0.15, -0.1) is 0 Å². The zero-order valence-electron chi connectivity index (χ0n) is 13.4. The van der Waals surface area contributed by atoms with Crippen LogP contribution in [0.1, 0.15) is 35.4 Å². The number of anilines is 1. The minimum absolute atomic E-state index is 0.000411. The molecule has 2 aliphatic rings. The number of piperidine rings is 1. The molecule has 0 aliphatic carbocycles. The molecule has 0 bridgehead atoms. The number of pyridine rings is 1. The lowest BCUT2D eigenvalue weighted by atomic mass is 10.00. The standard InChI is InChI=1S/C18H19N3O3/c22-17(21-10-7-13-12-19-8-6-14(13)21)15-4-1-2-9-20(15)18(23)16-5-3-11-24-16/h3,5-6,8,11-12,15H,1-2,4,7,9-10H2/t15-/m0/s1. The highest BCUT2D eigenvalue weighted by Crippen LogP contribution is 2.30. The number of carbonyl (C=O) groups excluding carboxylic acids is 2. The molecule has 2 aromatic rings. The van der Waals surface area contributed by atoms with Crippen molar-refractivity contribution in [2.45, 2.75) is 31.7 Å². The van der Waals surface area contributed by atoms with Gasteiger partial charge in [0.05, 0.1) is 12.0 Å². The number of amides is 2. The van der Waals surface area contributed by atoms with E-state index in [1.807, 2.05) is 12.3 Å². The van der Waals surface area contributed by atoms with Crippen LogP contribution in [0.5, 0.6) is 0 Å². The van der Waals surface area contributed by atoms with Gasteiger partial charge in [-0.25, -0.2) is 0 Å². The van der Waals surface area contributed by atoms with Crippen molar-refractivity contribution >= 4 is 17.5 Å². The van der Waals surface area contributed by atoms with Crippen LogP contribution in [-0.2, 0) is 11.2 Å². The Morgan fingerprint density at radius 1 is 1.21 bits per heavy atom. The molecule has 4 rings (SSSR count). The Balaban J connectivity index is 1.59.